The molecule has 0 atom stereocenters. The summed E-state index contributed by atoms with van der Waals surface area (Å²) in [6.07, 6.45) is 3.25. The van der Waals surface area contributed by atoms with Gasteiger partial charge in [0, 0.05) is 28.8 Å². The van der Waals surface area contributed by atoms with E-state index in [-0.39, 0.29) is 24.0 Å². The molecule has 4 aromatic rings. The van der Waals surface area contributed by atoms with Crippen LogP contribution in [0.15, 0.2) is 53.5 Å². The highest BCUT2D eigenvalue weighted by Gasteiger charge is 2.22. The zero-order valence-corrected chi connectivity index (χ0v) is 16.4. The SMILES string of the molecule is Cc1nc(CN(C(=O)c2csc(-c3ncccn3)n2)c2ccc(F)cc2)cs1. The molecule has 0 saturated heterocycles. The van der Waals surface area contributed by atoms with Crippen molar-refractivity contribution in [1.82, 2.24) is 19.9 Å². The van der Waals surface area contributed by atoms with E-state index in [9.17, 15) is 9.18 Å². The largest absolute Gasteiger partial charge is 0.301 e. The number of carbonyl (C=O) groups excluding carboxylic acids is 1. The van der Waals surface area contributed by atoms with Gasteiger partial charge in [0.15, 0.2) is 10.8 Å². The summed E-state index contributed by atoms with van der Waals surface area (Å²) < 4.78 is 13.4. The number of halogens is 1. The van der Waals surface area contributed by atoms with Crippen molar-refractivity contribution >= 4 is 34.3 Å². The number of hydrogen-bond acceptors (Lipinski definition) is 7. The van der Waals surface area contributed by atoms with Crippen molar-refractivity contribution in [2.75, 3.05) is 4.90 Å². The molecule has 0 saturated carbocycles. The molecule has 0 spiro atoms. The van der Waals surface area contributed by atoms with Crippen LogP contribution in [0.2, 0.25) is 0 Å². The van der Waals surface area contributed by atoms with E-state index in [1.54, 1.807) is 40.9 Å². The molecule has 0 unspecified atom stereocenters. The molecule has 28 heavy (non-hydrogen) atoms. The second-order valence-electron chi connectivity index (χ2n) is 5.84. The first kappa shape index (κ1) is 18.3. The zero-order chi connectivity index (χ0) is 19.5. The summed E-state index contributed by atoms with van der Waals surface area (Å²) in [6, 6.07) is 7.51. The fourth-order valence-electron chi connectivity index (χ4n) is 2.57. The Morgan fingerprint density at radius 3 is 2.50 bits per heavy atom. The van der Waals surface area contributed by atoms with Crippen LogP contribution in [0.25, 0.3) is 10.8 Å². The highest BCUT2D eigenvalue weighted by molar-refractivity contribution is 7.13. The molecule has 0 N–H and O–H groups in total. The highest BCUT2D eigenvalue weighted by atomic mass is 32.1. The van der Waals surface area contributed by atoms with Crippen LogP contribution < -0.4 is 4.90 Å². The van der Waals surface area contributed by atoms with Crippen molar-refractivity contribution in [3.63, 3.8) is 0 Å². The third kappa shape index (κ3) is 3.95. The Balaban J connectivity index is 1.66. The molecule has 0 fully saturated rings. The molecule has 0 aliphatic heterocycles. The van der Waals surface area contributed by atoms with Crippen LogP contribution in [0, 0.1) is 12.7 Å². The Bertz CT molecular complexity index is 1090. The smallest absolute Gasteiger partial charge is 0.278 e. The molecule has 0 aliphatic carbocycles. The lowest BCUT2D eigenvalue weighted by atomic mass is 10.2. The van der Waals surface area contributed by atoms with Gasteiger partial charge < -0.3 is 4.90 Å². The topological polar surface area (TPSA) is 71.9 Å². The van der Waals surface area contributed by atoms with Gasteiger partial charge in [-0.15, -0.1) is 22.7 Å². The molecule has 1 amide bonds. The predicted molar refractivity (Wildman–Crippen MR) is 107 cm³/mol. The van der Waals surface area contributed by atoms with Crippen molar-refractivity contribution in [1.29, 1.82) is 0 Å². The van der Waals surface area contributed by atoms with Gasteiger partial charge in [-0.05, 0) is 37.3 Å². The summed E-state index contributed by atoms with van der Waals surface area (Å²) in [6.45, 7) is 2.17. The van der Waals surface area contributed by atoms with Crippen molar-refractivity contribution in [2.24, 2.45) is 0 Å². The van der Waals surface area contributed by atoms with Crippen LogP contribution in [0.5, 0.6) is 0 Å². The van der Waals surface area contributed by atoms with Crippen molar-refractivity contribution in [3.8, 4) is 10.8 Å². The molecule has 140 valence electrons. The maximum absolute atomic E-state index is 13.4. The number of hydrogen-bond donors (Lipinski definition) is 0. The molecular formula is C19H14FN5OS2. The lowest BCUT2D eigenvalue weighted by Crippen LogP contribution is -2.30. The quantitative estimate of drug-likeness (QED) is 0.488. The summed E-state index contributed by atoms with van der Waals surface area (Å²) in [5.41, 5.74) is 1.62. The van der Waals surface area contributed by atoms with Crippen LogP contribution in [0.4, 0.5) is 10.1 Å². The van der Waals surface area contributed by atoms with Gasteiger partial charge in [0.25, 0.3) is 5.91 Å². The van der Waals surface area contributed by atoms with Gasteiger partial charge in [-0.25, -0.2) is 24.3 Å². The number of benzene rings is 1. The molecule has 6 nitrogen and oxygen atoms in total. The molecule has 4 rings (SSSR count). The van der Waals surface area contributed by atoms with E-state index < -0.39 is 0 Å². The van der Waals surface area contributed by atoms with Gasteiger partial charge in [0.2, 0.25) is 0 Å². The van der Waals surface area contributed by atoms with Crippen molar-refractivity contribution in [2.45, 2.75) is 13.5 Å². The number of rotatable bonds is 5. The molecule has 0 radical (unpaired) electrons. The number of nitrogens with zero attached hydrogens (tertiary/aromatic N) is 5. The van der Waals surface area contributed by atoms with Crippen LogP contribution in [0.3, 0.4) is 0 Å². The minimum Gasteiger partial charge on any atom is -0.301 e. The first-order valence-corrected chi connectivity index (χ1v) is 10.1. The number of aromatic nitrogens is 4. The van der Waals surface area contributed by atoms with Crippen molar-refractivity contribution < 1.29 is 9.18 Å². The normalized spacial score (nSPS) is 10.8. The number of amides is 1. The van der Waals surface area contributed by atoms with Crippen LogP contribution >= 0.6 is 22.7 Å². The van der Waals surface area contributed by atoms with E-state index in [2.05, 4.69) is 19.9 Å². The van der Waals surface area contributed by atoms with E-state index in [0.29, 0.717) is 16.5 Å². The Kier molecular flexibility index (Phi) is 5.18. The van der Waals surface area contributed by atoms with Crippen LogP contribution in [-0.2, 0) is 6.54 Å². The number of thiazole rings is 2. The van der Waals surface area contributed by atoms with Gasteiger partial charge in [0.05, 0.1) is 17.2 Å². The highest BCUT2D eigenvalue weighted by Crippen LogP contribution is 2.25. The second kappa shape index (κ2) is 7.91. The monoisotopic (exact) mass is 411 g/mol. The lowest BCUT2D eigenvalue weighted by Gasteiger charge is -2.21. The maximum Gasteiger partial charge on any atom is 0.278 e. The summed E-state index contributed by atoms with van der Waals surface area (Å²) in [4.78, 5) is 31.9. The van der Waals surface area contributed by atoms with Gasteiger partial charge in [-0.3, -0.25) is 4.79 Å². The summed E-state index contributed by atoms with van der Waals surface area (Å²) in [7, 11) is 0. The maximum atomic E-state index is 13.4. The van der Waals surface area contributed by atoms with E-state index in [0.717, 1.165) is 10.7 Å². The average Bonchev–Trinajstić information content (AvgIpc) is 3.36. The molecule has 3 heterocycles. The van der Waals surface area contributed by atoms with E-state index in [1.165, 1.54) is 34.8 Å². The van der Waals surface area contributed by atoms with Crippen molar-refractivity contribution in [3.05, 3.63) is 75.7 Å². The minimum absolute atomic E-state index is 0.267. The molecule has 0 bridgehead atoms. The third-order valence-electron chi connectivity index (χ3n) is 3.85. The van der Waals surface area contributed by atoms with Gasteiger partial charge in [0.1, 0.15) is 11.5 Å². The molecule has 1 aromatic carbocycles. The Morgan fingerprint density at radius 1 is 1.07 bits per heavy atom. The number of aryl methyl sites for hydroxylation is 1. The van der Waals surface area contributed by atoms with E-state index in [4.69, 9.17) is 0 Å². The fourth-order valence-corrected chi connectivity index (χ4v) is 3.91. The molecule has 0 aliphatic rings. The van der Waals surface area contributed by atoms with Crippen LogP contribution in [-0.4, -0.2) is 25.8 Å². The Labute approximate surface area is 168 Å². The lowest BCUT2D eigenvalue weighted by molar-refractivity contribution is 0.0980. The molecule has 3 aromatic heterocycles. The third-order valence-corrected chi connectivity index (χ3v) is 5.51. The van der Waals surface area contributed by atoms with E-state index in [1.807, 2.05) is 12.3 Å². The molecular weight excluding hydrogens is 397 g/mol. The standard InChI is InChI=1S/C19H14FN5OS2/c1-12-23-14(10-27-12)9-25(15-5-3-13(20)4-6-15)19(26)16-11-28-18(24-16)17-21-7-2-8-22-17/h2-8,10-11H,9H2,1H3. The minimum atomic E-state index is -0.363. The Morgan fingerprint density at radius 2 is 1.82 bits per heavy atom. The molecule has 9 heteroatoms. The zero-order valence-electron chi connectivity index (χ0n) is 14.7. The average molecular weight is 411 g/mol. The van der Waals surface area contributed by atoms with Gasteiger partial charge >= 0.3 is 0 Å². The fraction of sp³-hybridized carbons (Fsp3) is 0.105. The Hall–Kier alpha value is -3.04. The van der Waals surface area contributed by atoms with Gasteiger partial charge in [-0.1, -0.05) is 0 Å². The number of anilines is 1. The first-order valence-electron chi connectivity index (χ1n) is 8.31. The van der Waals surface area contributed by atoms with Crippen LogP contribution in [0.1, 0.15) is 21.2 Å². The summed E-state index contributed by atoms with van der Waals surface area (Å²) in [5, 5.41) is 5.06. The summed E-state index contributed by atoms with van der Waals surface area (Å²) in [5.74, 6) is -0.191. The second-order valence-corrected chi connectivity index (χ2v) is 7.76. The van der Waals surface area contributed by atoms with Gasteiger partial charge in [-0.2, -0.15) is 0 Å². The number of carbonyl (C=O) groups is 1. The van der Waals surface area contributed by atoms with E-state index >= 15 is 0 Å². The predicted octanol–water partition coefficient (Wildman–Crippen LogP) is 4.35. The first-order chi connectivity index (χ1) is 13.6. The summed E-state index contributed by atoms with van der Waals surface area (Å²) >= 11 is 2.81.